The first kappa shape index (κ1) is 22.0. The Hall–Kier alpha value is -3.19. The van der Waals surface area contributed by atoms with Crippen LogP contribution < -0.4 is 14.8 Å². The van der Waals surface area contributed by atoms with Crippen LogP contribution in [0.1, 0.15) is 24.0 Å². The smallest absolute Gasteiger partial charge is 0.162 e. The van der Waals surface area contributed by atoms with Gasteiger partial charge in [-0.15, -0.1) is 16.9 Å². The van der Waals surface area contributed by atoms with Crippen LogP contribution >= 0.6 is 11.8 Å². The molecule has 0 atom stereocenters. The number of rotatable bonds is 7. The van der Waals surface area contributed by atoms with Gasteiger partial charge in [0.15, 0.2) is 5.82 Å². The van der Waals surface area contributed by atoms with Crippen molar-refractivity contribution in [3.05, 3.63) is 59.5 Å². The van der Waals surface area contributed by atoms with Gasteiger partial charge in [-0.2, -0.15) is 5.10 Å². The molecule has 0 amide bonds. The highest BCUT2D eigenvalue weighted by atomic mass is 32.2. The maximum absolute atomic E-state index is 5.72. The summed E-state index contributed by atoms with van der Waals surface area (Å²) in [5.74, 6) is 2.28. The second-order valence-electron chi connectivity index (χ2n) is 7.51. The number of ether oxygens (including phenoxy) is 2. The van der Waals surface area contributed by atoms with Crippen molar-refractivity contribution >= 4 is 34.0 Å². The van der Waals surface area contributed by atoms with Crippen LogP contribution in [-0.2, 0) is 0 Å². The number of nitrogens with zero attached hydrogens (tertiary/aromatic N) is 3. The van der Waals surface area contributed by atoms with Crippen molar-refractivity contribution in [1.82, 2.24) is 14.8 Å². The molecule has 0 aliphatic heterocycles. The summed E-state index contributed by atoms with van der Waals surface area (Å²) in [5.41, 5.74) is 5.00. The van der Waals surface area contributed by atoms with E-state index in [4.69, 9.17) is 9.47 Å². The van der Waals surface area contributed by atoms with Gasteiger partial charge in [-0.25, -0.2) is 0 Å². The highest BCUT2D eigenvalue weighted by molar-refractivity contribution is 7.98. The molecular formula is C25H28N4O2S. The Morgan fingerprint density at radius 3 is 2.50 bits per heavy atom. The molecule has 2 aromatic heterocycles. The molecule has 166 valence electrons. The minimum atomic E-state index is 0.608. The molecule has 4 aromatic rings. The number of hydrogen-bond donors (Lipinski definition) is 1. The molecule has 2 heterocycles. The second-order valence-corrected chi connectivity index (χ2v) is 8.39. The van der Waals surface area contributed by atoms with E-state index in [1.807, 2.05) is 44.2 Å². The summed E-state index contributed by atoms with van der Waals surface area (Å²) in [6.07, 6.45) is 2.07. The number of anilines is 2. The van der Waals surface area contributed by atoms with E-state index in [1.165, 1.54) is 4.90 Å². The highest BCUT2D eigenvalue weighted by Crippen LogP contribution is 2.38. The molecular weight excluding hydrogens is 420 g/mol. The fraction of sp³-hybridized carbons (Fsp3) is 0.280. The van der Waals surface area contributed by atoms with Gasteiger partial charge in [0.1, 0.15) is 11.5 Å². The van der Waals surface area contributed by atoms with Crippen molar-refractivity contribution in [2.24, 2.45) is 0 Å². The van der Waals surface area contributed by atoms with Gasteiger partial charge in [0.05, 0.1) is 25.1 Å². The molecule has 0 aliphatic carbocycles. The third-order valence-corrected chi connectivity index (χ3v) is 6.30. The molecule has 0 saturated heterocycles. The summed E-state index contributed by atoms with van der Waals surface area (Å²) in [7, 11) is 1.68. The Labute approximate surface area is 193 Å². The molecule has 32 heavy (non-hydrogen) atoms. The Balaban J connectivity index is 1.90. The third-order valence-electron chi connectivity index (χ3n) is 5.58. The van der Waals surface area contributed by atoms with Crippen LogP contribution in [-0.4, -0.2) is 34.7 Å². The average Bonchev–Trinajstić information content (AvgIpc) is 3.07. The van der Waals surface area contributed by atoms with Gasteiger partial charge in [0.2, 0.25) is 0 Å². The van der Waals surface area contributed by atoms with Gasteiger partial charge >= 0.3 is 0 Å². The maximum atomic E-state index is 5.72. The van der Waals surface area contributed by atoms with Crippen LogP contribution in [0.15, 0.2) is 47.4 Å². The fourth-order valence-corrected chi connectivity index (χ4v) is 4.64. The van der Waals surface area contributed by atoms with E-state index in [0.29, 0.717) is 6.61 Å². The summed E-state index contributed by atoms with van der Waals surface area (Å²) in [4.78, 5) is 1.19. The van der Waals surface area contributed by atoms with Gasteiger partial charge < -0.3 is 19.4 Å². The van der Waals surface area contributed by atoms with Gasteiger partial charge in [-0.1, -0.05) is 6.07 Å². The molecule has 4 rings (SSSR count). The minimum Gasteiger partial charge on any atom is -0.494 e. The molecule has 0 unspecified atom stereocenters. The SMILES string of the molecule is CCOc1ccc(-n2c(C)c3c(C)nnc(Nc4cccc(SC)c4)c3c2C)c(OC)c1. The third kappa shape index (κ3) is 3.88. The zero-order chi connectivity index (χ0) is 22.8. The van der Waals surface area contributed by atoms with E-state index in [1.54, 1.807) is 18.9 Å². The quantitative estimate of drug-likeness (QED) is 0.339. The Kier molecular flexibility index (Phi) is 6.28. The lowest BCUT2D eigenvalue weighted by Gasteiger charge is -2.15. The van der Waals surface area contributed by atoms with Crippen molar-refractivity contribution in [2.75, 3.05) is 25.3 Å². The lowest BCUT2D eigenvalue weighted by atomic mass is 10.1. The fourth-order valence-electron chi connectivity index (χ4n) is 4.18. The number of hydrogen-bond acceptors (Lipinski definition) is 6. The number of thioether (sulfide) groups is 1. The summed E-state index contributed by atoms with van der Waals surface area (Å²) < 4.78 is 13.6. The Morgan fingerprint density at radius 2 is 1.78 bits per heavy atom. The molecule has 7 heteroatoms. The molecule has 0 aliphatic rings. The van der Waals surface area contributed by atoms with Crippen LogP contribution in [0.5, 0.6) is 11.5 Å². The first-order valence-corrected chi connectivity index (χ1v) is 11.8. The number of fused-ring (bicyclic) bond motifs is 1. The molecule has 0 spiro atoms. The van der Waals surface area contributed by atoms with E-state index in [0.717, 1.165) is 56.5 Å². The van der Waals surface area contributed by atoms with E-state index >= 15 is 0 Å². The summed E-state index contributed by atoms with van der Waals surface area (Å²) in [6, 6.07) is 14.2. The van der Waals surface area contributed by atoms with Gasteiger partial charge in [-0.3, -0.25) is 0 Å². The van der Waals surface area contributed by atoms with Crippen molar-refractivity contribution in [1.29, 1.82) is 0 Å². The van der Waals surface area contributed by atoms with E-state index < -0.39 is 0 Å². The zero-order valence-electron chi connectivity index (χ0n) is 19.3. The monoisotopic (exact) mass is 448 g/mol. The molecule has 2 aromatic carbocycles. The predicted molar refractivity (Wildman–Crippen MR) is 132 cm³/mol. The summed E-state index contributed by atoms with van der Waals surface area (Å²) in [6.45, 7) is 8.80. The molecule has 0 saturated carbocycles. The summed E-state index contributed by atoms with van der Waals surface area (Å²) >= 11 is 1.71. The normalized spacial score (nSPS) is 11.1. The number of aryl methyl sites for hydroxylation is 3. The Bertz CT molecular complexity index is 1280. The molecule has 0 radical (unpaired) electrons. The van der Waals surface area contributed by atoms with Crippen LogP contribution in [0.2, 0.25) is 0 Å². The number of nitrogens with one attached hydrogen (secondary N) is 1. The van der Waals surface area contributed by atoms with Crippen LogP contribution in [0.4, 0.5) is 11.5 Å². The van der Waals surface area contributed by atoms with Gasteiger partial charge in [0, 0.05) is 38.8 Å². The standard InChI is InChI=1S/C25H28N4O2S/c1-7-31-19-11-12-21(22(14-19)30-5)29-16(3)23-15(2)27-28-25(24(23)17(29)4)26-18-9-8-10-20(13-18)32-6/h8-14H,7H2,1-6H3,(H,26,28). The first-order valence-electron chi connectivity index (χ1n) is 10.6. The first-order chi connectivity index (χ1) is 15.5. The predicted octanol–water partition coefficient (Wildman–Crippen LogP) is 6.22. The second kappa shape index (κ2) is 9.12. The average molecular weight is 449 g/mol. The van der Waals surface area contributed by atoms with Gasteiger partial charge in [0.25, 0.3) is 0 Å². The topological polar surface area (TPSA) is 61.2 Å². The summed E-state index contributed by atoms with van der Waals surface area (Å²) in [5, 5.41) is 14.6. The lowest BCUT2D eigenvalue weighted by Crippen LogP contribution is -2.03. The van der Waals surface area contributed by atoms with E-state index in [9.17, 15) is 0 Å². The van der Waals surface area contributed by atoms with Crippen molar-refractivity contribution in [3.8, 4) is 17.2 Å². The maximum Gasteiger partial charge on any atom is 0.162 e. The van der Waals surface area contributed by atoms with Gasteiger partial charge in [-0.05, 0) is 64.3 Å². The Morgan fingerprint density at radius 1 is 1.00 bits per heavy atom. The van der Waals surface area contributed by atoms with Crippen molar-refractivity contribution in [3.63, 3.8) is 0 Å². The zero-order valence-corrected chi connectivity index (χ0v) is 20.1. The van der Waals surface area contributed by atoms with Crippen LogP contribution in [0.25, 0.3) is 16.5 Å². The largest absolute Gasteiger partial charge is 0.494 e. The number of benzene rings is 2. The minimum absolute atomic E-state index is 0.608. The molecule has 6 nitrogen and oxygen atoms in total. The van der Waals surface area contributed by atoms with Crippen molar-refractivity contribution < 1.29 is 9.47 Å². The van der Waals surface area contributed by atoms with Crippen LogP contribution in [0.3, 0.4) is 0 Å². The molecule has 1 N–H and O–H groups in total. The lowest BCUT2D eigenvalue weighted by molar-refractivity contribution is 0.336. The van der Waals surface area contributed by atoms with E-state index in [2.05, 4.69) is 52.3 Å². The molecule has 0 bridgehead atoms. The number of methoxy groups -OCH3 is 1. The molecule has 0 fully saturated rings. The number of aromatic nitrogens is 3. The van der Waals surface area contributed by atoms with E-state index in [-0.39, 0.29) is 0 Å². The van der Waals surface area contributed by atoms with Crippen molar-refractivity contribution in [2.45, 2.75) is 32.6 Å². The highest BCUT2D eigenvalue weighted by Gasteiger charge is 2.21. The van der Waals surface area contributed by atoms with Crippen LogP contribution in [0, 0.1) is 20.8 Å².